The van der Waals surface area contributed by atoms with Crippen LogP contribution in [0, 0.1) is 6.92 Å². The molecular formula is C16H26N4O2S. The van der Waals surface area contributed by atoms with E-state index >= 15 is 0 Å². The lowest BCUT2D eigenvalue weighted by atomic mass is 10.3. The Morgan fingerprint density at radius 1 is 1.26 bits per heavy atom. The molecule has 0 radical (unpaired) electrons. The number of piperazine rings is 1. The van der Waals surface area contributed by atoms with E-state index in [-0.39, 0.29) is 6.09 Å². The molecule has 2 rings (SSSR count). The first-order chi connectivity index (χ1) is 11.1. The van der Waals surface area contributed by atoms with Crippen LogP contribution in [0.4, 0.5) is 4.79 Å². The average Bonchev–Trinajstić information content (AvgIpc) is 2.97. The van der Waals surface area contributed by atoms with Crippen LogP contribution >= 0.6 is 11.3 Å². The van der Waals surface area contributed by atoms with Crippen molar-refractivity contribution in [3.63, 3.8) is 0 Å². The zero-order valence-electron chi connectivity index (χ0n) is 14.2. The Balaban J connectivity index is 1.92. The largest absolute Gasteiger partial charge is 0.450 e. The molecule has 2 heterocycles. The number of ether oxygens (including phenoxy) is 1. The SMILES string of the molecule is CCNC(=NCc1ccc(C)s1)N1CCN(C(=O)OCC)CC1. The number of nitrogens with one attached hydrogen (secondary N) is 1. The van der Waals surface area contributed by atoms with Gasteiger partial charge in [0.15, 0.2) is 5.96 Å². The fourth-order valence-corrected chi connectivity index (χ4v) is 3.28. The first-order valence-corrected chi connectivity index (χ1v) is 8.96. The lowest BCUT2D eigenvalue weighted by Gasteiger charge is -2.35. The first-order valence-electron chi connectivity index (χ1n) is 8.14. The van der Waals surface area contributed by atoms with Crippen LogP contribution in [0.25, 0.3) is 0 Å². The summed E-state index contributed by atoms with van der Waals surface area (Å²) in [5.74, 6) is 0.919. The minimum Gasteiger partial charge on any atom is -0.450 e. The maximum atomic E-state index is 11.8. The third-order valence-corrected chi connectivity index (χ3v) is 4.61. The van der Waals surface area contributed by atoms with E-state index in [0.29, 0.717) is 26.2 Å². The fraction of sp³-hybridized carbons (Fsp3) is 0.625. The van der Waals surface area contributed by atoms with Gasteiger partial charge in [0.05, 0.1) is 13.2 Å². The van der Waals surface area contributed by atoms with Crippen LogP contribution in [0.3, 0.4) is 0 Å². The van der Waals surface area contributed by atoms with Crippen molar-refractivity contribution in [1.82, 2.24) is 15.1 Å². The maximum Gasteiger partial charge on any atom is 0.409 e. The van der Waals surface area contributed by atoms with E-state index in [2.05, 4.69) is 36.2 Å². The van der Waals surface area contributed by atoms with Gasteiger partial charge in [-0.1, -0.05) is 0 Å². The summed E-state index contributed by atoms with van der Waals surface area (Å²) >= 11 is 1.78. The molecule has 1 aliphatic rings. The van der Waals surface area contributed by atoms with E-state index in [0.717, 1.165) is 25.6 Å². The Bertz CT molecular complexity index is 536. The number of carbonyl (C=O) groups is 1. The van der Waals surface area contributed by atoms with E-state index in [1.807, 2.05) is 6.92 Å². The summed E-state index contributed by atoms with van der Waals surface area (Å²) in [5, 5.41) is 3.34. The highest BCUT2D eigenvalue weighted by molar-refractivity contribution is 7.11. The lowest BCUT2D eigenvalue weighted by Crippen LogP contribution is -2.53. The molecule has 7 heteroatoms. The zero-order valence-corrected chi connectivity index (χ0v) is 15.0. The number of amides is 1. The van der Waals surface area contributed by atoms with E-state index in [4.69, 9.17) is 9.73 Å². The third kappa shape index (κ3) is 5.13. The molecule has 0 atom stereocenters. The molecule has 23 heavy (non-hydrogen) atoms. The second-order valence-corrected chi connectivity index (χ2v) is 6.73. The average molecular weight is 338 g/mol. The van der Waals surface area contributed by atoms with Crippen molar-refractivity contribution in [2.24, 2.45) is 4.99 Å². The quantitative estimate of drug-likeness (QED) is 0.676. The van der Waals surface area contributed by atoms with Gasteiger partial charge in [-0.05, 0) is 32.9 Å². The Morgan fingerprint density at radius 3 is 2.52 bits per heavy atom. The molecule has 1 amide bonds. The molecule has 0 bridgehead atoms. The zero-order chi connectivity index (χ0) is 16.7. The van der Waals surface area contributed by atoms with Crippen LogP contribution in [-0.2, 0) is 11.3 Å². The minimum absolute atomic E-state index is 0.219. The van der Waals surface area contributed by atoms with Crippen molar-refractivity contribution < 1.29 is 9.53 Å². The van der Waals surface area contributed by atoms with Crippen molar-refractivity contribution in [3.05, 3.63) is 21.9 Å². The predicted octanol–water partition coefficient (Wildman–Crippen LogP) is 2.30. The predicted molar refractivity (Wildman–Crippen MR) is 94.0 cm³/mol. The molecule has 6 nitrogen and oxygen atoms in total. The molecule has 1 aromatic rings. The topological polar surface area (TPSA) is 57.2 Å². The molecule has 1 saturated heterocycles. The molecular weight excluding hydrogens is 312 g/mol. The normalized spacial score (nSPS) is 15.7. The summed E-state index contributed by atoms with van der Waals surface area (Å²) in [5.41, 5.74) is 0. The summed E-state index contributed by atoms with van der Waals surface area (Å²) in [6.07, 6.45) is -0.219. The van der Waals surface area contributed by atoms with E-state index in [1.165, 1.54) is 9.75 Å². The van der Waals surface area contributed by atoms with Gasteiger partial charge in [0.25, 0.3) is 0 Å². The summed E-state index contributed by atoms with van der Waals surface area (Å²) < 4.78 is 5.06. The van der Waals surface area contributed by atoms with Gasteiger partial charge in [-0.15, -0.1) is 11.3 Å². The maximum absolute atomic E-state index is 11.8. The number of aryl methyl sites for hydroxylation is 1. The van der Waals surface area contributed by atoms with Gasteiger partial charge in [0.1, 0.15) is 0 Å². The number of guanidine groups is 1. The van der Waals surface area contributed by atoms with Gasteiger partial charge >= 0.3 is 6.09 Å². The van der Waals surface area contributed by atoms with Gasteiger partial charge < -0.3 is 19.9 Å². The third-order valence-electron chi connectivity index (χ3n) is 3.62. The van der Waals surface area contributed by atoms with Crippen molar-refractivity contribution in [3.8, 4) is 0 Å². The smallest absolute Gasteiger partial charge is 0.409 e. The van der Waals surface area contributed by atoms with Crippen LogP contribution in [0.1, 0.15) is 23.6 Å². The van der Waals surface area contributed by atoms with E-state index < -0.39 is 0 Å². The van der Waals surface area contributed by atoms with Crippen LogP contribution in [0.2, 0.25) is 0 Å². The standard InChI is InChI=1S/C16H26N4O2S/c1-4-17-15(18-12-14-7-6-13(3)23-14)19-8-10-20(11-9-19)16(21)22-5-2/h6-7H,4-5,8-12H2,1-3H3,(H,17,18). The second kappa shape index (κ2) is 8.76. The lowest BCUT2D eigenvalue weighted by molar-refractivity contribution is 0.0914. The van der Waals surface area contributed by atoms with Crippen molar-refractivity contribution >= 4 is 23.4 Å². The molecule has 1 aromatic heterocycles. The summed E-state index contributed by atoms with van der Waals surface area (Å²) in [7, 11) is 0. The summed E-state index contributed by atoms with van der Waals surface area (Å²) in [6, 6.07) is 4.26. The van der Waals surface area contributed by atoms with E-state index in [9.17, 15) is 4.79 Å². The highest BCUT2D eigenvalue weighted by Crippen LogP contribution is 2.16. The number of nitrogens with zero attached hydrogens (tertiary/aromatic N) is 3. The van der Waals surface area contributed by atoms with Gasteiger partial charge in [-0.25, -0.2) is 9.79 Å². The molecule has 1 fully saturated rings. The molecule has 128 valence electrons. The summed E-state index contributed by atoms with van der Waals surface area (Å²) in [4.78, 5) is 23.0. The fourth-order valence-electron chi connectivity index (χ4n) is 2.46. The number of hydrogen-bond donors (Lipinski definition) is 1. The number of aliphatic imine (C=N–C) groups is 1. The second-order valence-electron chi connectivity index (χ2n) is 5.36. The van der Waals surface area contributed by atoms with Crippen LogP contribution in [-0.4, -0.2) is 61.2 Å². The number of rotatable bonds is 4. The minimum atomic E-state index is -0.219. The highest BCUT2D eigenvalue weighted by atomic mass is 32.1. The van der Waals surface area contributed by atoms with Gasteiger partial charge in [-0.2, -0.15) is 0 Å². The van der Waals surface area contributed by atoms with Crippen LogP contribution in [0.5, 0.6) is 0 Å². The van der Waals surface area contributed by atoms with Crippen molar-refractivity contribution in [2.75, 3.05) is 39.3 Å². The van der Waals surface area contributed by atoms with Gasteiger partial charge in [0, 0.05) is 42.5 Å². The number of carbonyl (C=O) groups excluding carboxylic acids is 1. The van der Waals surface area contributed by atoms with E-state index in [1.54, 1.807) is 16.2 Å². The highest BCUT2D eigenvalue weighted by Gasteiger charge is 2.23. The Kier molecular flexibility index (Phi) is 6.70. The molecule has 0 aliphatic carbocycles. The molecule has 1 N–H and O–H groups in total. The first kappa shape index (κ1) is 17.6. The Hall–Kier alpha value is -1.76. The molecule has 1 aliphatic heterocycles. The monoisotopic (exact) mass is 338 g/mol. The van der Waals surface area contributed by atoms with Crippen LogP contribution in [0.15, 0.2) is 17.1 Å². The Labute approximate surface area is 142 Å². The van der Waals surface area contributed by atoms with Crippen molar-refractivity contribution in [1.29, 1.82) is 0 Å². The molecule has 0 aromatic carbocycles. The molecule has 0 saturated carbocycles. The van der Waals surface area contributed by atoms with Crippen molar-refractivity contribution in [2.45, 2.75) is 27.3 Å². The van der Waals surface area contributed by atoms with Gasteiger partial charge in [-0.3, -0.25) is 0 Å². The number of hydrogen-bond acceptors (Lipinski definition) is 4. The molecule has 0 unspecified atom stereocenters. The van der Waals surface area contributed by atoms with Gasteiger partial charge in [0.2, 0.25) is 0 Å². The summed E-state index contributed by atoms with van der Waals surface area (Å²) in [6.45, 7) is 10.8. The number of thiophene rings is 1. The molecule has 0 spiro atoms. The Morgan fingerprint density at radius 2 is 1.96 bits per heavy atom. The van der Waals surface area contributed by atoms with Crippen LogP contribution < -0.4 is 5.32 Å².